The maximum absolute atomic E-state index is 12.2. The van der Waals surface area contributed by atoms with Crippen LogP contribution in [-0.4, -0.2) is 33.8 Å². The summed E-state index contributed by atoms with van der Waals surface area (Å²) in [6, 6.07) is 12.5. The number of carbonyl (C=O) groups is 1. The Kier molecular flexibility index (Phi) is 8.19. The Balaban J connectivity index is 1.93. The van der Waals surface area contributed by atoms with Gasteiger partial charge in [0, 0.05) is 18.4 Å². The van der Waals surface area contributed by atoms with Crippen LogP contribution in [-0.2, 0) is 11.2 Å². The fraction of sp³-hybridized carbons (Fsp3) is 0.238. The first-order valence-electron chi connectivity index (χ1n) is 8.71. The van der Waals surface area contributed by atoms with Crippen LogP contribution < -0.4 is 24.8 Å². The second kappa shape index (κ2) is 10.8. The zero-order valence-corrected chi connectivity index (χ0v) is 17.2. The van der Waals surface area contributed by atoms with Crippen molar-refractivity contribution in [1.82, 2.24) is 5.32 Å². The van der Waals surface area contributed by atoms with E-state index >= 15 is 0 Å². The Morgan fingerprint density at radius 2 is 1.76 bits per heavy atom. The molecule has 2 rings (SSSR count). The third kappa shape index (κ3) is 6.06. The van der Waals surface area contributed by atoms with E-state index in [4.69, 9.17) is 25.8 Å². The number of methoxy groups -OCH3 is 3. The Labute approximate surface area is 174 Å². The standard InChI is InChI=1S/C21H22ClN3O4/c1-27-18-7-5-16(11-17(18)22)25-13-15(12-23)21(26)24-9-8-14-4-6-19(28-2)20(10-14)29-3/h4-7,10-11,13,25H,8-9H2,1-3H3,(H,24,26)/b15-13-. The topological polar surface area (TPSA) is 92.6 Å². The average Bonchev–Trinajstić information content (AvgIpc) is 2.74. The Bertz CT molecular complexity index is 938. The molecule has 0 atom stereocenters. The van der Waals surface area contributed by atoms with Crippen molar-refractivity contribution in [3.05, 3.63) is 58.8 Å². The second-order valence-electron chi connectivity index (χ2n) is 5.86. The summed E-state index contributed by atoms with van der Waals surface area (Å²) < 4.78 is 15.6. The number of halogens is 1. The zero-order chi connectivity index (χ0) is 21.2. The molecule has 2 aromatic carbocycles. The molecule has 0 spiro atoms. The lowest BCUT2D eigenvalue weighted by Gasteiger charge is -2.10. The van der Waals surface area contributed by atoms with Gasteiger partial charge in [-0.2, -0.15) is 5.26 Å². The lowest BCUT2D eigenvalue weighted by Crippen LogP contribution is -2.27. The highest BCUT2D eigenvalue weighted by atomic mass is 35.5. The van der Waals surface area contributed by atoms with Crippen molar-refractivity contribution in [2.75, 3.05) is 33.2 Å². The fourth-order valence-corrected chi connectivity index (χ4v) is 2.77. The van der Waals surface area contributed by atoms with Crippen LogP contribution in [0.1, 0.15) is 5.56 Å². The van der Waals surface area contributed by atoms with E-state index < -0.39 is 5.91 Å². The van der Waals surface area contributed by atoms with Crippen molar-refractivity contribution >= 4 is 23.2 Å². The largest absolute Gasteiger partial charge is 0.495 e. The summed E-state index contributed by atoms with van der Waals surface area (Å²) in [5.41, 5.74) is 1.54. The van der Waals surface area contributed by atoms with Crippen molar-refractivity contribution in [3.63, 3.8) is 0 Å². The smallest absolute Gasteiger partial charge is 0.263 e. The molecule has 0 saturated heterocycles. The van der Waals surface area contributed by atoms with Crippen molar-refractivity contribution in [1.29, 1.82) is 5.26 Å². The zero-order valence-electron chi connectivity index (χ0n) is 16.4. The van der Waals surface area contributed by atoms with Gasteiger partial charge in [0.15, 0.2) is 11.5 Å². The summed E-state index contributed by atoms with van der Waals surface area (Å²) in [5, 5.41) is 15.3. The number of nitrogens with one attached hydrogen (secondary N) is 2. The van der Waals surface area contributed by atoms with E-state index in [9.17, 15) is 10.1 Å². The van der Waals surface area contributed by atoms with E-state index in [1.165, 1.54) is 13.3 Å². The van der Waals surface area contributed by atoms with Gasteiger partial charge in [0.05, 0.1) is 26.4 Å². The summed E-state index contributed by atoms with van der Waals surface area (Å²) in [4.78, 5) is 12.2. The average molecular weight is 416 g/mol. The van der Waals surface area contributed by atoms with Crippen LogP contribution >= 0.6 is 11.6 Å². The molecular formula is C21H22ClN3O4. The van der Waals surface area contributed by atoms with Gasteiger partial charge in [0.25, 0.3) is 5.91 Å². The number of carbonyl (C=O) groups excluding carboxylic acids is 1. The number of ether oxygens (including phenoxy) is 3. The molecule has 1 amide bonds. The third-order valence-electron chi connectivity index (χ3n) is 4.05. The molecule has 7 nitrogen and oxygen atoms in total. The van der Waals surface area contributed by atoms with Gasteiger partial charge in [-0.1, -0.05) is 17.7 Å². The molecule has 0 aliphatic rings. The van der Waals surface area contributed by atoms with E-state index in [1.807, 2.05) is 18.2 Å². The maximum atomic E-state index is 12.2. The van der Waals surface area contributed by atoms with E-state index in [0.29, 0.717) is 40.9 Å². The molecule has 0 fully saturated rings. The number of hydrogen-bond donors (Lipinski definition) is 2. The molecule has 0 aliphatic heterocycles. The molecule has 152 valence electrons. The van der Waals surface area contributed by atoms with Gasteiger partial charge < -0.3 is 24.8 Å². The maximum Gasteiger partial charge on any atom is 0.263 e. The third-order valence-corrected chi connectivity index (χ3v) is 4.34. The Morgan fingerprint density at radius 1 is 1.07 bits per heavy atom. The van der Waals surface area contributed by atoms with Gasteiger partial charge in [-0.05, 0) is 42.3 Å². The van der Waals surface area contributed by atoms with Crippen LogP contribution in [0.3, 0.4) is 0 Å². The summed E-state index contributed by atoms with van der Waals surface area (Å²) in [6.45, 7) is 0.363. The van der Waals surface area contributed by atoms with Crippen molar-refractivity contribution in [3.8, 4) is 23.3 Å². The predicted molar refractivity (Wildman–Crippen MR) is 112 cm³/mol. The molecule has 8 heteroatoms. The van der Waals surface area contributed by atoms with Crippen LogP contribution in [0.15, 0.2) is 48.2 Å². The number of rotatable bonds is 9. The number of hydrogen-bond acceptors (Lipinski definition) is 6. The van der Waals surface area contributed by atoms with Crippen LogP contribution in [0.2, 0.25) is 5.02 Å². The minimum Gasteiger partial charge on any atom is -0.495 e. The summed E-state index contributed by atoms with van der Waals surface area (Å²) in [7, 11) is 4.66. The second-order valence-corrected chi connectivity index (χ2v) is 6.27. The highest BCUT2D eigenvalue weighted by molar-refractivity contribution is 6.32. The lowest BCUT2D eigenvalue weighted by atomic mass is 10.1. The van der Waals surface area contributed by atoms with Crippen LogP contribution in [0.25, 0.3) is 0 Å². The molecule has 0 aromatic heterocycles. The number of nitrogens with zero attached hydrogens (tertiary/aromatic N) is 1. The first kappa shape index (κ1) is 21.9. The monoisotopic (exact) mass is 415 g/mol. The van der Waals surface area contributed by atoms with E-state index in [-0.39, 0.29) is 5.57 Å². The number of anilines is 1. The molecule has 29 heavy (non-hydrogen) atoms. The molecule has 2 aromatic rings. The number of nitriles is 1. The highest BCUT2D eigenvalue weighted by Crippen LogP contribution is 2.28. The highest BCUT2D eigenvalue weighted by Gasteiger charge is 2.10. The molecule has 0 heterocycles. The van der Waals surface area contributed by atoms with Crippen molar-refractivity contribution in [2.24, 2.45) is 0 Å². The SMILES string of the molecule is COc1ccc(N/C=C(/C#N)C(=O)NCCc2ccc(OC)c(OC)c2)cc1Cl. The molecule has 0 radical (unpaired) electrons. The minimum absolute atomic E-state index is 0.0516. The lowest BCUT2D eigenvalue weighted by molar-refractivity contribution is -0.117. The van der Waals surface area contributed by atoms with Gasteiger partial charge in [-0.15, -0.1) is 0 Å². The van der Waals surface area contributed by atoms with E-state index in [2.05, 4.69) is 10.6 Å². The van der Waals surface area contributed by atoms with Crippen LogP contribution in [0, 0.1) is 11.3 Å². The first-order valence-corrected chi connectivity index (χ1v) is 9.09. The molecule has 0 bridgehead atoms. The van der Waals surface area contributed by atoms with Crippen molar-refractivity contribution in [2.45, 2.75) is 6.42 Å². The Morgan fingerprint density at radius 3 is 2.38 bits per heavy atom. The molecule has 0 saturated carbocycles. The van der Waals surface area contributed by atoms with E-state index in [0.717, 1.165) is 5.56 Å². The van der Waals surface area contributed by atoms with Gasteiger partial charge in [0.1, 0.15) is 17.4 Å². The normalized spacial score (nSPS) is 10.7. The Hall–Kier alpha value is -3.37. The first-order chi connectivity index (χ1) is 14.0. The summed E-state index contributed by atoms with van der Waals surface area (Å²) in [5.74, 6) is 1.32. The summed E-state index contributed by atoms with van der Waals surface area (Å²) >= 11 is 6.06. The molecule has 0 unspecified atom stereocenters. The van der Waals surface area contributed by atoms with Gasteiger partial charge in [0.2, 0.25) is 0 Å². The quantitative estimate of drug-likeness (QED) is 0.480. The van der Waals surface area contributed by atoms with E-state index in [1.54, 1.807) is 38.5 Å². The predicted octanol–water partition coefficient (Wildman–Crippen LogP) is 3.54. The van der Waals surface area contributed by atoms with Gasteiger partial charge >= 0.3 is 0 Å². The summed E-state index contributed by atoms with van der Waals surface area (Å²) in [6.07, 6.45) is 1.91. The van der Waals surface area contributed by atoms with Gasteiger partial charge in [-0.3, -0.25) is 4.79 Å². The van der Waals surface area contributed by atoms with Crippen LogP contribution in [0.5, 0.6) is 17.2 Å². The fourth-order valence-electron chi connectivity index (χ4n) is 2.51. The number of amides is 1. The van der Waals surface area contributed by atoms with Gasteiger partial charge in [-0.25, -0.2) is 0 Å². The minimum atomic E-state index is -0.472. The van der Waals surface area contributed by atoms with Crippen LogP contribution in [0.4, 0.5) is 5.69 Å². The molecular weight excluding hydrogens is 394 g/mol. The van der Waals surface area contributed by atoms with Crippen molar-refractivity contribution < 1.29 is 19.0 Å². The molecule has 2 N–H and O–H groups in total. The number of benzene rings is 2. The molecule has 0 aliphatic carbocycles.